The summed E-state index contributed by atoms with van der Waals surface area (Å²) in [6.07, 6.45) is 0. The highest BCUT2D eigenvalue weighted by Crippen LogP contribution is 2.70. The first-order valence-corrected chi connectivity index (χ1v) is 11.4. The van der Waals surface area contributed by atoms with Gasteiger partial charge in [-0.05, 0) is 49.7 Å². The Hall–Kier alpha value is 0. The Balaban J connectivity index is 6.62. The van der Waals surface area contributed by atoms with Crippen molar-refractivity contribution in [1.82, 2.24) is 0 Å². The van der Waals surface area contributed by atoms with Crippen LogP contribution in [0, 0.1) is 49.7 Å². The van der Waals surface area contributed by atoms with Gasteiger partial charge >= 0.3 is 0 Å². The minimum atomic E-state index is 0.144. The summed E-state index contributed by atoms with van der Waals surface area (Å²) < 4.78 is 0. The van der Waals surface area contributed by atoms with Gasteiger partial charge in [0.1, 0.15) is 0 Å². The lowest BCUT2D eigenvalue weighted by Gasteiger charge is -2.69. The van der Waals surface area contributed by atoms with Crippen molar-refractivity contribution in [2.24, 2.45) is 49.7 Å². The Morgan fingerprint density at radius 1 is 0.296 bits per heavy atom. The summed E-state index contributed by atoms with van der Waals surface area (Å²) in [5.41, 5.74) is 1.33. The zero-order valence-corrected chi connectivity index (χ0v) is 22.7. The standard InChI is InChI=1S/C27H56/c1-19(2)21(5,6)23(9,10)25(13,14)27(17,18)26(15,16)24(11,12)22(7,8)20(3)4/h19-20H,1-18H3. The molecule has 0 rings (SSSR count). The third-order valence-electron chi connectivity index (χ3n) is 12.4. The molecule has 0 aliphatic heterocycles. The molecule has 0 heteroatoms. The molecule has 0 amide bonds. The molecule has 0 atom stereocenters. The lowest BCUT2D eigenvalue weighted by Crippen LogP contribution is -2.62. The van der Waals surface area contributed by atoms with E-state index in [1.165, 1.54) is 0 Å². The Kier molecular flexibility index (Phi) is 7.05. The van der Waals surface area contributed by atoms with Crippen LogP contribution >= 0.6 is 0 Å². The Morgan fingerprint density at radius 2 is 0.444 bits per heavy atom. The monoisotopic (exact) mass is 380 g/mol. The fourth-order valence-corrected chi connectivity index (χ4v) is 5.40. The van der Waals surface area contributed by atoms with Crippen molar-refractivity contribution >= 4 is 0 Å². The third kappa shape index (κ3) is 3.44. The van der Waals surface area contributed by atoms with Crippen molar-refractivity contribution in [2.75, 3.05) is 0 Å². The second-order valence-electron chi connectivity index (χ2n) is 13.9. The van der Waals surface area contributed by atoms with E-state index in [1.807, 2.05) is 0 Å². The molecular formula is C27H56. The molecule has 0 nitrogen and oxygen atoms in total. The van der Waals surface area contributed by atoms with Gasteiger partial charge in [-0.1, -0.05) is 125 Å². The van der Waals surface area contributed by atoms with Gasteiger partial charge < -0.3 is 0 Å². The van der Waals surface area contributed by atoms with Crippen LogP contribution in [0.5, 0.6) is 0 Å². The van der Waals surface area contributed by atoms with E-state index in [2.05, 4.69) is 125 Å². The summed E-state index contributed by atoms with van der Waals surface area (Å²) in [4.78, 5) is 0. The van der Waals surface area contributed by atoms with Crippen LogP contribution in [0.1, 0.15) is 125 Å². The van der Waals surface area contributed by atoms with Gasteiger partial charge in [0.15, 0.2) is 0 Å². The molecule has 0 fully saturated rings. The van der Waals surface area contributed by atoms with E-state index >= 15 is 0 Å². The fraction of sp³-hybridized carbons (Fsp3) is 1.00. The third-order valence-corrected chi connectivity index (χ3v) is 12.4. The van der Waals surface area contributed by atoms with Gasteiger partial charge in [0.2, 0.25) is 0 Å². The molecule has 0 aromatic heterocycles. The minimum absolute atomic E-state index is 0.144. The van der Waals surface area contributed by atoms with Crippen molar-refractivity contribution in [2.45, 2.75) is 125 Å². The maximum absolute atomic E-state index is 2.54. The average Bonchev–Trinajstić information content (AvgIpc) is 2.45. The van der Waals surface area contributed by atoms with Crippen LogP contribution in [0.25, 0.3) is 0 Å². The number of hydrogen-bond acceptors (Lipinski definition) is 0. The molecule has 0 saturated carbocycles. The van der Waals surface area contributed by atoms with Crippen molar-refractivity contribution < 1.29 is 0 Å². The lowest BCUT2D eigenvalue weighted by atomic mass is 9.36. The highest BCUT2D eigenvalue weighted by molar-refractivity contribution is 5.12. The molecule has 27 heavy (non-hydrogen) atoms. The van der Waals surface area contributed by atoms with Gasteiger partial charge in [-0.15, -0.1) is 0 Å². The molecule has 0 saturated heterocycles. The van der Waals surface area contributed by atoms with E-state index in [-0.39, 0.29) is 37.9 Å². The smallest absolute Gasteiger partial charge is 0.0241 e. The van der Waals surface area contributed by atoms with Crippen LogP contribution in [0.15, 0.2) is 0 Å². The van der Waals surface area contributed by atoms with Crippen LogP contribution in [-0.4, -0.2) is 0 Å². The van der Waals surface area contributed by atoms with Crippen LogP contribution in [-0.2, 0) is 0 Å². The second-order valence-corrected chi connectivity index (χ2v) is 13.9. The zero-order valence-electron chi connectivity index (χ0n) is 22.7. The van der Waals surface area contributed by atoms with Gasteiger partial charge in [0.05, 0.1) is 0 Å². The number of rotatable bonds is 8. The molecule has 0 aromatic rings. The first-order valence-electron chi connectivity index (χ1n) is 11.4. The van der Waals surface area contributed by atoms with E-state index in [9.17, 15) is 0 Å². The van der Waals surface area contributed by atoms with E-state index < -0.39 is 0 Å². The zero-order chi connectivity index (χ0) is 22.7. The second kappa shape index (κ2) is 7.05. The normalized spacial score (nSPS) is 16.4. The molecule has 0 bridgehead atoms. The van der Waals surface area contributed by atoms with Crippen molar-refractivity contribution in [3.05, 3.63) is 0 Å². The Labute approximate surface area is 174 Å². The minimum Gasteiger partial charge on any atom is -0.0622 e. The quantitative estimate of drug-likeness (QED) is 0.393. The molecule has 0 aliphatic rings. The van der Waals surface area contributed by atoms with E-state index in [4.69, 9.17) is 0 Å². The predicted molar refractivity (Wildman–Crippen MR) is 126 cm³/mol. The fourth-order valence-electron chi connectivity index (χ4n) is 5.40. The lowest BCUT2D eigenvalue weighted by molar-refractivity contribution is -0.205. The molecule has 0 aromatic carbocycles. The van der Waals surface area contributed by atoms with Crippen LogP contribution in [0.2, 0.25) is 0 Å². The molecular weight excluding hydrogens is 324 g/mol. The first-order chi connectivity index (χ1) is 11.4. The molecule has 0 N–H and O–H groups in total. The van der Waals surface area contributed by atoms with Crippen molar-refractivity contribution in [3.63, 3.8) is 0 Å². The average molecular weight is 381 g/mol. The summed E-state index contributed by atoms with van der Waals surface area (Å²) >= 11 is 0. The Morgan fingerprint density at radius 3 is 0.593 bits per heavy atom. The van der Waals surface area contributed by atoms with Gasteiger partial charge in [-0.25, -0.2) is 0 Å². The SMILES string of the molecule is CC(C)C(C)(C)C(C)(C)C(C)(C)C(C)(C)C(C)(C)C(C)(C)C(C)(C)C(C)C. The van der Waals surface area contributed by atoms with Gasteiger partial charge in [0.25, 0.3) is 0 Å². The van der Waals surface area contributed by atoms with Gasteiger partial charge in [-0.2, -0.15) is 0 Å². The molecule has 0 unspecified atom stereocenters. The molecule has 0 spiro atoms. The summed E-state index contributed by atoms with van der Waals surface area (Å²) in [7, 11) is 0. The maximum Gasteiger partial charge on any atom is -0.0241 e. The summed E-state index contributed by atoms with van der Waals surface area (Å²) in [6, 6.07) is 0. The highest BCUT2D eigenvalue weighted by Gasteiger charge is 2.64. The molecule has 0 heterocycles. The molecule has 164 valence electrons. The first kappa shape index (κ1) is 27.0. The van der Waals surface area contributed by atoms with Crippen LogP contribution in [0.4, 0.5) is 0 Å². The van der Waals surface area contributed by atoms with E-state index in [1.54, 1.807) is 0 Å². The van der Waals surface area contributed by atoms with Crippen LogP contribution < -0.4 is 0 Å². The Bertz CT molecular complexity index is 458. The van der Waals surface area contributed by atoms with Gasteiger partial charge in [-0.3, -0.25) is 0 Å². The highest BCUT2D eigenvalue weighted by atomic mass is 14.7. The molecule has 0 aliphatic carbocycles. The predicted octanol–water partition coefficient (Wildman–Crippen LogP) is 9.48. The molecule has 0 radical (unpaired) electrons. The van der Waals surface area contributed by atoms with Crippen molar-refractivity contribution in [1.29, 1.82) is 0 Å². The van der Waals surface area contributed by atoms with E-state index in [0.29, 0.717) is 11.8 Å². The summed E-state index contributed by atoms with van der Waals surface area (Å²) in [6.45, 7) is 44.8. The maximum atomic E-state index is 2.54. The largest absolute Gasteiger partial charge is 0.0622 e. The van der Waals surface area contributed by atoms with Crippen LogP contribution in [0.3, 0.4) is 0 Å². The van der Waals surface area contributed by atoms with Gasteiger partial charge in [0, 0.05) is 0 Å². The van der Waals surface area contributed by atoms with Crippen molar-refractivity contribution in [3.8, 4) is 0 Å². The topological polar surface area (TPSA) is 0 Å². The number of hydrogen-bond donors (Lipinski definition) is 0. The summed E-state index contributed by atoms with van der Waals surface area (Å²) in [5.74, 6) is 1.29. The van der Waals surface area contributed by atoms with E-state index in [0.717, 1.165) is 0 Å². The summed E-state index contributed by atoms with van der Waals surface area (Å²) in [5, 5.41) is 0.